The first-order chi connectivity index (χ1) is 7.38. The molecule has 0 heterocycles. The average molecular weight is 228 g/mol. The van der Waals surface area contributed by atoms with Gasteiger partial charge in [-0.05, 0) is 25.7 Å². The first-order valence-electron chi connectivity index (χ1n) is 5.54. The zero-order valence-electron chi connectivity index (χ0n) is 10.3. The van der Waals surface area contributed by atoms with Crippen molar-refractivity contribution in [2.24, 2.45) is 5.92 Å². The highest BCUT2D eigenvalue weighted by Crippen LogP contribution is 2.34. The Labute approximate surface area is 95.9 Å². The maximum Gasteiger partial charge on any atom is 0.407 e. The van der Waals surface area contributed by atoms with E-state index in [1.165, 1.54) is 7.11 Å². The highest BCUT2D eigenvalue weighted by atomic mass is 16.5. The standard InChI is InChI=1S/C11H20N2O3/c1-7(2)8(12-10(15)16-4)9(14)13-11(3)5-6-11/h7-8H,5-6H2,1-4H3,(H,12,15)(H,13,14)/t8-/m0/s1. The van der Waals surface area contributed by atoms with Crippen LogP contribution >= 0.6 is 0 Å². The number of alkyl carbamates (subject to hydrolysis) is 1. The minimum Gasteiger partial charge on any atom is -0.453 e. The van der Waals surface area contributed by atoms with Gasteiger partial charge in [-0.3, -0.25) is 4.79 Å². The van der Waals surface area contributed by atoms with Crippen molar-refractivity contribution in [2.75, 3.05) is 7.11 Å². The molecule has 5 heteroatoms. The molecular weight excluding hydrogens is 208 g/mol. The highest BCUT2D eigenvalue weighted by molar-refractivity contribution is 5.86. The van der Waals surface area contributed by atoms with Gasteiger partial charge in [0.05, 0.1) is 7.11 Å². The molecule has 0 saturated heterocycles. The molecule has 0 aromatic carbocycles. The van der Waals surface area contributed by atoms with Crippen LogP contribution in [-0.2, 0) is 9.53 Å². The van der Waals surface area contributed by atoms with Crippen LogP contribution in [0.2, 0.25) is 0 Å². The van der Waals surface area contributed by atoms with Gasteiger partial charge in [0.15, 0.2) is 0 Å². The molecule has 2 amide bonds. The van der Waals surface area contributed by atoms with Crippen LogP contribution in [0, 0.1) is 5.92 Å². The third kappa shape index (κ3) is 3.40. The van der Waals surface area contributed by atoms with Gasteiger partial charge in [-0.15, -0.1) is 0 Å². The Morgan fingerprint density at radius 1 is 1.31 bits per heavy atom. The number of amides is 2. The number of methoxy groups -OCH3 is 1. The minimum atomic E-state index is -0.574. The van der Waals surface area contributed by atoms with Crippen LogP contribution < -0.4 is 10.6 Å². The predicted octanol–water partition coefficient (Wildman–Crippen LogP) is 1.04. The van der Waals surface area contributed by atoms with Gasteiger partial charge in [0.25, 0.3) is 0 Å². The van der Waals surface area contributed by atoms with E-state index in [-0.39, 0.29) is 17.4 Å². The second-order valence-electron chi connectivity index (χ2n) is 4.91. The van der Waals surface area contributed by atoms with Crippen LogP contribution in [0.4, 0.5) is 4.79 Å². The lowest BCUT2D eigenvalue weighted by atomic mass is 10.0. The molecule has 1 aliphatic carbocycles. The van der Waals surface area contributed by atoms with E-state index in [2.05, 4.69) is 15.4 Å². The summed E-state index contributed by atoms with van der Waals surface area (Å²) in [7, 11) is 1.28. The summed E-state index contributed by atoms with van der Waals surface area (Å²) in [4.78, 5) is 23.0. The van der Waals surface area contributed by atoms with Gasteiger partial charge in [0.1, 0.15) is 6.04 Å². The number of ether oxygens (including phenoxy) is 1. The summed E-state index contributed by atoms with van der Waals surface area (Å²) in [6, 6.07) is -0.537. The third-order valence-electron chi connectivity index (χ3n) is 2.83. The van der Waals surface area contributed by atoms with E-state index in [1.807, 2.05) is 20.8 Å². The summed E-state index contributed by atoms with van der Waals surface area (Å²) in [5.74, 6) is -0.109. The van der Waals surface area contributed by atoms with E-state index in [0.29, 0.717) is 0 Å². The lowest BCUT2D eigenvalue weighted by Gasteiger charge is -2.23. The Kier molecular flexibility index (Phi) is 3.78. The van der Waals surface area contributed by atoms with Crippen LogP contribution in [0.25, 0.3) is 0 Å². The van der Waals surface area contributed by atoms with Crippen molar-refractivity contribution in [3.05, 3.63) is 0 Å². The maximum atomic E-state index is 11.9. The van der Waals surface area contributed by atoms with E-state index < -0.39 is 12.1 Å². The first kappa shape index (κ1) is 12.8. The number of carbonyl (C=O) groups is 2. The predicted molar refractivity (Wildman–Crippen MR) is 59.9 cm³/mol. The Hall–Kier alpha value is -1.26. The molecule has 1 rings (SSSR count). The topological polar surface area (TPSA) is 67.4 Å². The number of carbonyl (C=O) groups excluding carboxylic acids is 2. The van der Waals surface area contributed by atoms with Gasteiger partial charge in [-0.2, -0.15) is 0 Å². The fourth-order valence-electron chi connectivity index (χ4n) is 1.41. The summed E-state index contributed by atoms with van der Waals surface area (Å²) in [6.45, 7) is 5.77. The smallest absolute Gasteiger partial charge is 0.407 e. The molecule has 0 unspecified atom stereocenters. The number of hydrogen-bond donors (Lipinski definition) is 2. The quantitative estimate of drug-likeness (QED) is 0.755. The second-order valence-corrected chi connectivity index (χ2v) is 4.91. The highest BCUT2D eigenvalue weighted by Gasteiger charge is 2.40. The summed E-state index contributed by atoms with van der Waals surface area (Å²) in [6.07, 6.45) is 1.43. The zero-order valence-corrected chi connectivity index (χ0v) is 10.3. The SMILES string of the molecule is COC(=O)N[C@H](C(=O)NC1(C)CC1)C(C)C. The van der Waals surface area contributed by atoms with Crippen molar-refractivity contribution in [3.8, 4) is 0 Å². The van der Waals surface area contributed by atoms with E-state index in [1.54, 1.807) is 0 Å². The summed E-state index contributed by atoms with van der Waals surface area (Å²) in [5.41, 5.74) is -0.0674. The lowest BCUT2D eigenvalue weighted by Crippen LogP contribution is -2.52. The van der Waals surface area contributed by atoms with Crippen LogP contribution in [-0.4, -0.2) is 30.7 Å². The molecule has 1 aliphatic rings. The molecule has 0 aromatic heterocycles. The second kappa shape index (κ2) is 4.72. The van der Waals surface area contributed by atoms with Gasteiger partial charge in [-0.1, -0.05) is 13.8 Å². The van der Waals surface area contributed by atoms with Gasteiger partial charge >= 0.3 is 6.09 Å². The molecule has 0 spiro atoms. The van der Waals surface area contributed by atoms with Crippen LogP contribution in [0.15, 0.2) is 0 Å². The van der Waals surface area contributed by atoms with Crippen molar-refractivity contribution in [1.29, 1.82) is 0 Å². The summed E-state index contributed by atoms with van der Waals surface area (Å²) >= 11 is 0. The normalized spacial score (nSPS) is 18.8. The molecular formula is C11H20N2O3. The van der Waals surface area contributed by atoms with Crippen molar-refractivity contribution < 1.29 is 14.3 Å². The minimum absolute atomic E-state index is 0.0291. The maximum absolute atomic E-state index is 11.9. The molecule has 1 atom stereocenters. The van der Waals surface area contributed by atoms with Gasteiger partial charge in [0, 0.05) is 5.54 Å². The number of nitrogens with one attached hydrogen (secondary N) is 2. The molecule has 5 nitrogen and oxygen atoms in total. The van der Waals surface area contributed by atoms with Gasteiger partial charge in [0.2, 0.25) is 5.91 Å². The number of rotatable bonds is 4. The largest absolute Gasteiger partial charge is 0.453 e. The van der Waals surface area contributed by atoms with E-state index in [9.17, 15) is 9.59 Å². The molecule has 92 valence electrons. The van der Waals surface area contributed by atoms with Gasteiger partial charge < -0.3 is 15.4 Å². The van der Waals surface area contributed by atoms with Crippen molar-refractivity contribution in [1.82, 2.24) is 10.6 Å². The van der Waals surface area contributed by atoms with Crippen LogP contribution in [0.3, 0.4) is 0 Å². The summed E-state index contributed by atoms with van der Waals surface area (Å²) < 4.78 is 4.50. The summed E-state index contributed by atoms with van der Waals surface area (Å²) in [5, 5.41) is 5.47. The molecule has 0 aliphatic heterocycles. The molecule has 0 bridgehead atoms. The Bertz CT molecular complexity index is 285. The third-order valence-corrected chi connectivity index (χ3v) is 2.83. The monoisotopic (exact) mass is 228 g/mol. The molecule has 0 radical (unpaired) electrons. The Morgan fingerprint density at radius 3 is 2.25 bits per heavy atom. The zero-order chi connectivity index (χ0) is 12.3. The fourth-order valence-corrected chi connectivity index (χ4v) is 1.41. The van der Waals surface area contributed by atoms with E-state index in [0.717, 1.165) is 12.8 Å². The Morgan fingerprint density at radius 2 is 1.88 bits per heavy atom. The average Bonchev–Trinajstić information content (AvgIpc) is 2.91. The number of hydrogen-bond acceptors (Lipinski definition) is 3. The molecule has 0 aromatic rings. The first-order valence-corrected chi connectivity index (χ1v) is 5.54. The molecule has 2 N–H and O–H groups in total. The fraction of sp³-hybridized carbons (Fsp3) is 0.818. The van der Waals surface area contributed by atoms with Crippen molar-refractivity contribution in [2.45, 2.75) is 45.2 Å². The van der Waals surface area contributed by atoms with E-state index in [4.69, 9.17) is 0 Å². The molecule has 16 heavy (non-hydrogen) atoms. The Balaban J connectivity index is 2.55. The van der Waals surface area contributed by atoms with Crippen LogP contribution in [0.5, 0.6) is 0 Å². The van der Waals surface area contributed by atoms with Gasteiger partial charge in [-0.25, -0.2) is 4.79 Å². The van der Waals surface area contributed by atoms with Crippen molar-refractivity contribution in [3.63, 3.8) is 0 Å². The van der Waals surface area contributed by atoms with E-state index >= 15 is 0 Å². The molecule has 1 fully saturated rings. The van der Waals surface area contributed by atoms with Crippen LogP contribution in [0.1, 0.15) is 33.6 Å². The lowest BCUT2D eigenvalue weighted by molar-refractivity contribution is -0.124. The molecule has 1 saturated carbocycles. The van der Waals surface area contributed by atoms with Crippen molar-refractivity contribution >= 4 is 12.0 Å².